The summed E-state index contributed by atoms with van der Waals surface area (Å²) in [5, 5.41) is 13.4. The molecule has 0 spiro atoms. The number of methoxy groups -OCH3 is 1. The molecule has 0 aliphatic heterocycles. The van der Waals surface area contributed by atoms with Crippen molar-refractivity contribution in [3.63, 3.8) is 0 Å². The van der Waals surface area contributed by atoms with Crippen LogP contribution in [0.1, 0.15) is 37.0 Å². The van der Waals surface area contributed by atoms with Crippen molar-refractivity contribution in [3.05, 3.63) is 29.3 Å². The molecule has 9 heteroatoms. The Morgan fingerprint density at radius 1 is 1.21 bits per heavy atom. The molecule has 3 N–H and O–H groups in total. The van der Waals surface area contributed by atoms with Gasteiger partial charge >= 0.3 is 18.0 Å². The Bertz CT molecular complexity index is 638. The van der Waals surface area contributed by atoms with Crippen LogP contribution in [0.3, 0.4) is 0 Å². The van der Waals surface area contributed by atoms with E-state index in [9.17, 15) is 23.2 Å². The summed E-state index contributed by atoms with van der Waals surface area (Å²) < 4.78 is 31.8. The molecule has 0 aliphatic rings. The molecule has 0 saturated carbocycles. The maximum absolute atomic E-state index is 13.8. The average Bonchev–Trinajstić information content (AvgIpc) is 2.43. The topological polar surface area (TPSA) is 105 Å². The zero-order valence-corrected chi connectivity index (χ0v) is 13.4. The molecule has 0 aromatic heterocycles. The number of rotatable bonds is 6. The van der Waals surface area contributed by atoms with Gasteiger partial charge in [-0.3, -0.25) is 4.79 Å². The van der Waals surface area contributed by atoms with Crippen LogP contribution >= 0.6 is 0 Å². The number of nitrogens with one attached hydrogen (secondary N) is 2. The standard InChI is InChI=1S/C15H18F2N2O5/c1-15(2,5-4-11(20)21)19-14(23)18-8-6-9(16)12(10(17)7-8)13(22)24-3/h6-7H,4-5H2,1-3H3,(H,20,21)(H2,18,19,23). The number of hydrogen-bond acceptors (Lipinski definition) is 4. The molecule has 0 radical (unpaired) electrons. The lowest BCUT2D eigenvalue weighted by atomic mass is 9.99. The number of ether oxygens (including phenoxy) is 1. The maximum Gasteiger partial charge on any atom is 0.343 e. The van der Waals surface area contributed by atoms with E-state index in [1.807, 2.05) is 0 Å². The molecule has 0 aliphatic carbocycles. The van der Waals surface area contributed by atoms with Gasteiger partial charge < -0.3 is 20.5 Å². The second-order valence-electron chi connectivity index (χ2n) is 5.66. The first-order chi connectivity index (χ1) is 11.1. The summed E-state index contributed by atoms with van der Waals surface area (Å²) in [6.07, 6.45) is 0.0180. The molecular formula is C15H18F2N2O5. The highest BCUT2D eigenvalue weighted by Gasteiger charge is 2.23. The Kier molecular flexibility index (Phi) is 6.21. The van der Waals surface area contributed by atoms with Crippen LogP contribution in [0.2, 0.25) is 0 Å². The number of urea groups is 1. The number of hydrogen-bond donors (Lipinski definition) is 3. The molecule has 0 heterocycles. The van der Waals surface area contributed by atoms with Gasteiger partial charge in [-0.25, -0.2) is 18.4 Å². The number of esters is 1. The number of halogens is 2. The van der Waals surface area contributed by atoms with Gasteiger partial charge in [-0.05, 0) is 32.4 Å². The Balaban J connectivity index is 2.81. The predicted octanol–water partition coefficient (Wildman–Crippen LogP) is 2.52. The monoisotopic (exact) mass is 344 g/mol. The van der Waals surface area contributed by atoms with Crippen LogP contribution in [-0.2, 0) is 9.53 Å². The van der Waals surface area contributed by atoms with Gasteiger partial charge in [0.1, 0.15) is 17.2 Å². The molecule has 2 amide bonds. The highest BCUT2D eigenvalue weighted by molar-refractivity contribution is 5.93. The van der Waals surface area contributed by atoms with Gasteiger partial charge in [0.25, 0.3) is 0 Å². The average molecular weight is 344 g/mol. The van der Waals surface area contributed by atoms with E-state index in [0.717, 1.165) is 19.2 Å². The van der Waals surface area contributed by atoms with Crippen LogP contribution in [0, 0.1) is 11.6 Å². The third-order valence-corrected chi connectivity index (χ3v) is 3.11. The molecule has 0 bridgehead atoms. The molecule has 0 unspecified atom stereocenters. The maximum atomic E-state index is 13.8. The molecule has 132 valence electrons. The van der Waals surface area contributed by atoms with Gasteiger partial charge in [-0.15, -0.1) is 0 Å². The fourth-order valence-corrected chi connectivity index (χ4v) is 1.89. The van der Waals surface area contributed by atoms with Gasteiger partial charge in [0.2, 0.25) is 0 Å². The van der Waals surface area contributed by atoms with Crippen LogP contribution in [0.25, 0.3) is 0 Å². The first-order valence-corrected chi connectivity index (χ1v) is 6.94. The normalized spacial score (nSPS) is 10.9. The SMILES string of the molecule is COC(=O)c1c(F)cc(NC(=O)NC(C)(C)CCC(=O)O)cc1F. The van der Waals surface area contributed by atoms with Gasteiger partial charge in [-0.1, -0.05) is 0 Å². The Labute approximate surface area is 137 Å². The lowest BCUT2D eigenvalue weighted by Crippen LogP contribution is -2.45. The number of carbonyl (C=O) groups excluding carboxylic acids is 2. The zero-order chi connectivity index (χ0) is 18.5. The molecule has 1 aromatic carbocycles. The smallest absolute Gasteiger partial charge is 0.343 e. The number of carboxylic acid groups (broad SMARTS) is 1. The summed E-state index contributed by atoms with van der Waals surface area (Å²) in [5.74, 6) is -4.53. The van der Waals surface area contributed by atoms with Crippen molar-refractivity contribution < 1.29 is 33.0 Å². The molecule has 7 nitrogen and oxygen atoms in total. The van der Waals surface area contributed by atoms with Crippen LogP contribution in [-0.4, -0.2) is 35.7 Å². The summed E-state index contributed by atoms with van der Waals surface area (Å²) in [4.78, 5) is 33.7. The van der Waals surface area contributed by atoms with E-state index < -0.39 is 40.7 Å². The van der Waals surface area contributed by atoms with Crippen LogP contribution in [0.15, 0.2) is 12.1 Å². The van der Waals surface area contributed by atoms with Gasteiger partial charge in [0, 0.05) is 17.6 Å². The highest BCUT2D eigenvalue weighted by Crippen LogP contribution is 2.20. The van der Waals surface area contributed by atoms with Crippen LogP contribution < -0.4 is 10.6 Å². The fraction of sp³-hybridized carbons (Fsp3) is 0.400. The van der Waals surface area contributed by atoms with E-state index in [0.29, 0.717) is 0 Å². The molecule has 0 atom stereocenters. The quantitative estimate of drug-likeness (QED) is 0.688. The second kappa shape index (κ2) is 7.71. The number of aliphatic carboxylic acids is 1. The number of anilines is 1. The second-order valence-corrected chi connectivity index (χ2v) is 5.66. The summed E-state index contributed by atoms with van der Waals surface area (Å²) in [7, 11) is 0.986. The third kappa shape index (κ3) is 5.49. The van der Waals surface area contributed by atoms with Gasteiger partial charge in [0.15, 0.2) is 0 Å². The van der Waals surface area contributed by atoms with E-state index in [1.165, 1.54) is 0 Å². The molecule has 1 rings (SSSR count). The first kappa shape index (κ1) is 19.3. The lowest BCUT2D eigenvalue weighted by Gasteiger charge is -2.25. The highest BCUT2D eigenvalue weighted by atomic mass is 19.1. The lowest BCUT2D eigenvalue weighted by molar-refractivity contribution is -0.137. The molecule has 0 saturated heterocycles. The van der Waals surface area contributed by atoms with Gasteiger partial charge in [-0.2, -0.15) is 0 Å². The van der Waals surface area contributed by atoms with E-state index >= 15 is 0 Å². The fourth-order valence-electron chi connectivity index (χ4n) is 1.89. The predicted molar refractivity (Wildman–Crippen MR) is 80.8 cm³/mol. The first-order valence-electron chi connectivity index (χ1n) is 6.94. The van der Waals surface area contributed by atoms with Crippen molar-refractivity contribution in [2.24, 2.45) is 0 Å². The Morgan fingerprint density at radius 3 is 2.21 bits per heavy atom. The molecular weight excluding hydrogens is 326 g/mol. The summed E-state index contributed by atoms with van der Waals surface area (Å²) in [6.45, 7) is 3.22. The van der Waals surface area contributed by atoms with E-state index in [1.54, 1.807) is 13.8 Å². The number of benzene rings is 1. The largest absolute Gasteiger partial charge is 0.481 e. The molecule has 0 fully saturated rings. The number of carbonyl (C=O) groups is 3. The van der Waals surface area contributed by atoms with Crippen LogP contribution in [0.4, 0.5) is 19.3 Å². The minimum Gasteiger partial charge on any atom is -0.481 e. The summed E-state index contributed by atoms with van der Waals surface area (Å²) in [6, 6.07) is 0.785. The number of carboxylic acids is 1. The van der Waals surface area contributed by atoms with Crippen molar-refractivity contribution in [2.75, 3.05) is 12.4 Å². The zero-order valence-electron chi connectivity index (χ0n) is 13.4. The van der Waals surface area contributed by atoms with Crippen molar-refractivity contribution in [1.29, 1.82) is 0 Å². The van der Waals surface area contributed by atoms with Crippen molar-refractivity contribution in [1.82, 2.24) is 5.32 Å². The Morgan fingerprint density at radius 2 is 1.75 bits per heavy atom. The molecule has 1 aromatic rings. The Hall–Kier alpha value is -2.71. The number of amides is 2. The van der Waals surface area contributed by atoms with Gasteiger partial charge in [0.05, 0.1) is 7.11 Å². The third-order valence-electron chi connectivity index (χ3n) is 3.11. The summed E-state index contributed by atoms with van der Waals surface area (Å²) >= 11 is 0. The van der Waals surface area contributed by atoms with E-state index in [2.05, 4.69) is 15.4 Å². The minimum absolute atomic E-state index is 0.148. The van der Waals surface area contributed by atoms with Crippen molar-refractivity contribution >= 4 is 23.7 Å². The van der Waals surface area contributed by atoms with Crippen molar-refractivity contribution in [3.8, 4) is 0 Å². The van der Waals surface area contributed by atoms with Crippen LogP contribution in [0.5, 0.6) is 0 Å². The summed E-state index contributed by atoms with van der Waals surface area (Å²) in [5.41, 5.74) is -1.90. The minimum atomic E-state index is -1.18. The van der Waals surface area contributed by atoms with E-state index in [4.69, 9.17) is 5.11 Å². The van der Waals surface area contributed by atoms with Crippen molar-refractivity contribution in [2.45, 2.75) is 32.2 Å². The molecule has 24 heavy (non-hydrogen) atoms. The van der Waals surface area contributed by atoms with E-state index in [-0.39, 0.29) is 18.5 Å².